The molecule has 0 aliphatic rings. The summed E-state index contributed by atoms with van der Waals surface area (Å²) in [7, 11) is 5.03. The summed E-state index contributed by atoms with van der Waals surface area (Å²) in [5.41, 5.74) is 1.74. The zero-order chi connectivity index (χ0) is 14.5. The van der Waals surface area contributed by atoms with Crippen molar-refractivity contribution in [3.63, 3.8) is 0 Å². The summed E-state index contributed by atoms with van der Waals surface area (Å²) in [5, 5.41) is 3.19. The SMILES string of the molecule is CNC(c1cccc(OC)c1)c1cc(F)ccc1OC. The van der Waals surface area contributed by atoms with E-state index in [0.29, 0.717) is 5.75 Å². The van der Waals surface area contributed by atoms with Crippen LogP contribution in [0.5, 0.6) is 11.5 Å². The van der Waals surface area contributed by atoms with Crippen molar-refractivity contribution in [3.05, 3.63) is 59.4 Å². The molecular weight excluding hydrogens is 257 g/mol. The standard InChI is InChI=1S/C16H18FNO2/c1-18-16(11-5-4-6-13(9-11)19-2)14-10-12(17)7-8-15(14)20-3/h4-10,16,18H,1-3H3. The van der Waals surface area contributed by atoms with Crippen molar-refractivity contribution in [2.24, 2.45) is 0 Å². The summed E-state index contributed by atoms with van der Waals surface area (Å²) in [6.07, 6.45) is 0. The van der Waals surface area contributed by atoms with Crippen LogP contribution in [0.2, 0.25) is 0 Å². The van der Waals surface area contributed by atoms with Gasteiger partial charge in [0, 0.05) is 5.56 Å². The van der Waals surface area contributed by atoms with Gasteiger partial charge in [-0.05, 0) is 42.9 Å². The third-order valence-electron chi connectivity index (χ3n) is 3.22. The molecule has 0 aliphatic heterocycles. The van der Waals surface area contributed by atoms with Crippen molar-refractivity contribution in [1.29, 1.82) is 0 Å². The van der Waals surface area contributed by atoms with E-state index in [1.807, 2.05) is 31.3 Å². The fraction of sp³-hybridized carbons (Fsp3) is 0.250. The van der Waals surface area contributed by atoms with Crippen molar-refractivity contribution < 1.29 is 13.9 Å². The number of hydrogen-bond donors (Lipinski definition) is 1. The molecule has 0 heterocycles. The van der Waals surface area contributed by atoms with Crippen LogP contribution in [0.15, 0.2) is 42.5 Å². The van der Waals surface area contributed by atoms with E-state index in [2.05, 4.69) is 5.32 Å². The number of nitrogens with one attached hydrogen (secondary N) is 1. The van der Waals surface area contributed by atoms with Crippen molar-refractivity contribution in [3.8, 4) is 11.5 Å². The lowest BCUT2D eigenvalue weighted by molar-refractivity contribution is 0.402. The Hall–Kier alpha value is -2.07. The van der Waals surface area contributed by atoms with Gasteiger partial charge in [0.1, 0.15) is 17.3 Å². The van der Waals surface area contributed by atoms with E-state index >= 15 is 0 Å². The molecule has 0 spiro atoms. The normalized spacial score (nSPS) is 12.0. The van der Waals surface area contributed by atoms with E-state index in [-0.39, 0.29) is 11.9 Å². The highest BCUT2D eigenvalue weighted by Crippen LogP contribution is 2.31. The maximum Gasteiger partial charge on any atom is 0.124 e. The lowest BCUT2D eigenvalue weighted by Gasteiger charge is -2.20. The summed E-state index contributed by atoms with van der Waals surface area (Å²) >= 11 is 0. The van der Waals surface area contributed by atoms with Crippen LogP contribution in [0.4, 0.5) is 4.39 Å². The van der Waals surface area contributed by atoms with Crippen molar-refractivity contribution >= 4 is 0 Å². The molecule has 4 heteroatoms. The van der Waals surface area contributed by atoms with Crippen LogP contribution in [0.25, 0.3) is 0 Å². The van der Waals surface area contributed by atoms with Gasteiger partial charge in [0.2, 0.25) is 0 Å². The molecule has 1 N–H and O–H groups in total. The molecule has 0 aromatic heterocycles. The fourth-order valence-electron chi connectivity index (χ4n) is 2.25. The molecule has 0 bridgehead atoms. The Balaban J connectivity index is 2.48. The molecule has 2 aromatic carbocycles. The second-order valence-electron chi connectivity index (χ2n) is 4.38. The van der Waals surface area contributed by atoms with Crippen molar-refractivity contribution in [2.45, 2.75) is 6.04 Å². The third kappa shape index (κ3) is 2.91. The van der Waals surface area contributed by atoms with Gasteiger partial charge in [0.05, 0.1) is 20.3 Å². The number of ether oxygens (including phenoxy) is 2. The zero-order valence-electron chi connectivity index (χ0n) is 11.8. The topological polar surface area (TPSA) is 30.5 Å². The quantitative estimate of drug-likeness (QED) is 0.909. The average Bonchev–Trinajstić information content (AvgIpc) is 2.48. The van der Waals surface area contributed by atoms with Gasteiger partial charge in [-0.15, -0.1) is 0 Å². The monoisotopic (exact) mass is 275 g/mol. The Kier molecular flexibility index (Phi) is 4.58. The van der Waals surface area contributed by atoms with Gasteiger partial charge in [-0.25, -0.2) is 4.39 Å². The fourth-order valence-corrected chi connectivity index (χ4v) is 2.25. The van der Waals surface area contributed by atoms with Gasteiger partial charge in [0.15, 0.2) is 0 Å². The van der Waals surface area contributed by atoms with Gasteiger partial charge >= 0.3 is 0 Å². The van der Waals surface area contributed by atoms with Gasteiger partial charge in [-0.2, -0.15) is 0 Å². The highest BCUT2D eigenvalue weighted by molar-refractivity contribution is 5.43. The molecule has 0 radical (unpaired) electrons. The summed E-state index contributed by atoms with van der Waals surface area (Å²) in [4.78, 5) is 0. The molecule has 20 heavy (non-hydrogen) atoms. The van der Waals surface area contributed by atoms with Crippen LogP contribution in [0, 0.1) is 5.82 Å². The summed E-state index contributed by atoms with van der Waals surface area (Å²) in [5.74, 6) is 1.12. The third-order valence-corrected chi connectivity index (χ3v) is 3.22. The smallest absolute Gasteiger partial charge is 0.124 e. The molecular formula is C16H18FNO2. The van der Waals surface area contributed by atoms with Crippen molar-refractivity contribution in [2.75, 3.05) is 21.3 Å². The Morgan fingerprint density at radius 3 is 2.50 bits per heavy atom. The highest BCUT2D eigenvalue weighted by atomic mass is 19.1. The van der Waals surface area contributed by atoms with E-state index in [9.17, 15) is 4.39 Å². The molecule has 0 aliphatic carbocycles. The molecule has 0 fully saturated rings. The molecule has 1 atom stereocenters. The second kappa shape index (κ2) is 6.39. The molecule has 3 nitrogen and oxygen atoms in total. The summed E-state index contributed by atoms with van der Waals surface area (Å²) in [6.45, 7) is 0. The summed E-state index contributed by atoms with van der Waals surface area (Å²) < 4.78 is 24.1. The van der Waals surface area contributed by atoms with E-state index in [0.717, 1.165) is 16.9 Å². The summed E-state index contributed by atoms with van der Waals surface area (Å²) in [6, 6.07) is 12.0. The first-order chi connectivity index (χ1) is 9.69. The Bertz CT molecular complexity index is 586. The lowest BCUT2D eigenvalue weighted by Crippen LogP contribution is -2.18. The highest BCUT2D eigenvalue weighted by Gasteiger charge is 2.17. The van der Waals surface area contributed by atoms with Gasteiger partial charge in [0.25, 0.3) is 0 Å². The Labute approximate surface area is 118 Å². The molecule has 1 unspecified atom stereocenters. The van der Waals surface area contributed by atoms with Crippen LogP contribution in [0.3, 0.4) is 0 Å². The van der Waals surface area contributed by atoms with E-state index in [1.165, 1.54) is 12.1 Å². The Morgan fingerprint density at radius 1 is 1.05 bits per heavy atom. The number of halogens is 1. The van der Waals surface area contributed by atoms with Crippen LogP contribution >= 0.6 is 0 Å². The van der Waals surface area contributed by atoms with Gasteiger partial charge < -0.3 is 14.8 Å². The largest absolute Gasteiger partial charge is 0.497 e. The second-order valence-corrected chi connectivity index (χ2v) is 4.38. The van der Waals surface area contributed by atoms with Crippen molar-refractivity contribution in [1.82, 2.24) is 5.32 Å². The molecule has 0 saturated heterocycles. The van der Waals surface area contributed by atoms with E-state index in [1.54, 1.807) is 20.3 Å². The van der Waals surface area contributed by atoms with E-state index in [4.69, 9.17) is 9.47 Å². The zero-order valence-corrected chi connectivity index (χ0v) is 11.8. The molecule has 106 valence electrons. The minimum Gasteiger partial charge on any atom is -0.497 e. The van der Waals surface area contributed by atoms with Crippen LogP contribution in [-0.2, 0) is 0 Å². The minimum atomic E-state index is -0.288. The van der Waals surface area contributed by atoms with Crippen LogP contribution < -0.4 is 14.8 Å². The first-order valence-corrected chi connectivity index (χ1v) is 6.34. The maximum atomic E-state index is 13.5. The van der Waals surface area contributed by atoms with Gasteiger partial charge in [-0.3, -0.25) is 0 Å². The molecule has 0 saturated carbocycles. The predicted molar refractivity (Wildman–Crippen MR) is 76.8 cm³/mol. The number of hydrogen-bond acceptors (Lipinski definition) is 3. The number of methoxy groups -OCH3 is 2. The minimum absolute atomic E-state index is 0.171. The first-order valence-electron chi connectivity index (χ1n) is 6.34. The Morgan fingerprint density at radius 2 is 1.85 bits per heavy atom. The first kappa shape index (κ1) is 14.3. The average molecular weight is 275 g/mol. The van der Waals surface area contributed by atoms with Gasteiger partial charge in [-0.1, -0.05) is 12.1 Å². The van der Waals surface area contributed by atoms with Crippen LogP contribution in [-0.4, -0.2) is 21.3 Å². The molecule has 2 rings (SSSR count). The number of benzene rings is 2. The lowest BCUT2D eigenvalue weighted by atomic mass is 9.97. The molecule has 2 aromatic rings. The van der Waals surface area contributed by atoms with Crippen LogP contribution in [0.1, 0.15) is 17.2 Å². The molecule has 0 amide bonds. The number of rotatable bonds is 5. The predicted octanol–water partition coefficient (Wildman–Crippen LogP) is 3.15. The van der Waals surface area contributed by atoms with E-state index < -0.39 is 0 Å². The maximum absolute atomic E-state index is 13.5.